The molecular weight excluding hydrogens is 332 g/mol. The lowest BCUT2D eigenvalue weighted by Crippen LogP contribution is -2.69. The monoisotopic (exact) mass is 344 g/mol. The zero-order chi connectivity index (χ0) is 17.8. The number of carbonyl (C=O) groups excluding carboxylic acids is 2. The SMILES string of the molecule is O=C(Nc1ccccn1)C1=N[NH2+]C=C1NC(=O)c1c(F)cccc1F. The fourth-order valence-electron chi connectivity index (χ4n) is 2.13. The molecule has 0 spiro atoms. The lowest BCUT2D eigenvalue weighted by atomic mass is 10.1. The Morgan fingerprint density at radius 2 is 1.72 bits per heavy atom. The molecule has 0 atom stereocenters. The number of rotatable bonds is 4. The van der Waals surface area contributed by atoms with Gasteiger partial charge in [-0.1, -0.05) is 17.2 Å². The van der Waals surface area contributed by atoms with Crippen molar-refractivity contribution in [2.45, 2.75) is 0 Å². The fourth-order valence-corrected chi connectivity index (χ4v) is 2.13. The van der Waals surface area contributed by atoms with Crippen LogP contribution in [0.3, 0.4) is 0 Å². The van der Waals surface area contributed by atoms with Crippen LogP contribution in [0.4, 0.5) is 14.6 Å². The van der Waals surface area contributed by atoms with Gasteiger partial charge in [0.2, 0.25) is 5.71 Å². The third kappa shape index (κ3) is 3.56. The van der Waals surface area contributed by atoms with Gasteiger partial charge in [0, 0.05) is 6.20 Å². The number of nitrogens with zero attached hydrogens (tertiary/aromatic N) is 2. The van der Waals surface area contributed by atoms with Crippen LogP contribution in [0.25, 0.3) is 0 Å². The van der Waals surface area contributed by atoms with Crippen molar-refractivity contribution < 1.29 is 23.8 Å². The average Bonchev–Trinajstić information content (AvgIpc) is 3.04. The molecule has 1 aromatic heterocycles. The number of nitrogens with two attached hydrogens (primary N) is 1. The van der Waals surface area contributed by atoms with Gasteiger partial charge in [0.1, 0.15) is 34.9 Å². The Balaban J connectivity index is 1.74. The maximum atomic E-state index is 13.7. The van der Waals surface area contributed by atoms with Crippen molar-refractivity contribution in [2.24, 2.45) is 5.10 Å². The molecule has 7 nitrogen and oxygen atoms in total. The van der Waals surface area contributed by atoms with E-state index in [-0.39, 0.29) is 11.4 Å². The fraction of sp³-hybridized carbons (Fsp3) is 0. The van der Waals surface area contributed by atoms with Gasteiger partial charge in [-0.2, -0.15) is 5.43 Å². The van der Waals surface area contributed by atoms with E-state index in [1.54, 1.807) is 18.2 Å². The Morgan fingerprint density at radius 1 is 0.960 bits per heavy atom. The van der Waals surface area contributed by atoms with Gasteiger partial charge < -0.3 is 10.6 Å². The molecule has 1 aliphatic heterocycles. The Morgan fingerprint density at radius 3 is 2.40 bits per heavy atom. The Bertz CT molecular complexity index is 876. The van der Waals surface area contributed by atoms with E-state index in [1.165, 1.54) is 17.8 Å². The van der Waals surface area contributed by atoms with E-state index in [0.717, 1.165) is 18.2 Å². The second-order valence-electron chi connectivity index (χ2n) is 4.93. The van der Waals surface area contributed by atoms with Gasteiger partial charge in [0.25, 0.3) is 11.8 Å². The number of amides is 2. The van der Waals surface area contributed by atoms with E-state index in [9.17, 15) is 18.4 Å². The van der Waals surface area contributed by atoms with Crippen LogP contribution in [-0.2, 0) is 4.79 Å². The van der Waals surface area contributed by atoms with Crippen molar-refractivity contribution in [2.75, 3.05) is 5.32 Å². The van der Waals surface area contributed by atoms with E-state index >= 15 is 0 Å². The minimum absolute atomic E-state index is 0.0288. The number of aromatic nitrogens is 1. The van der Waals surface area contributed by atoms with Gasteiger partial charge in [-0.05, 0) is 24.3 Å². The van der Waals surface area contributed by atoms with E-state index < -0.39 is 29.0 Å². The van der Waals surface area contributed by atoms with E-state index in [1.807, 2.05) is 0 Å². The molecule has 0 unspecified atom stereocenters. The number of hydrogen-bond donors (Lipinski definition) is 3. The molecule has 25 heavy (non-hydrogen) atoms. The zero-order valence-corrected chi connectivity index (χ0v) is 12.7. The Kier molecular flexibility index (Phi) is 4.57. The third-order valence-corrected chi connectivity index (χ3v) is 3.26. The zero-order valence-electron chi connectivity index (χ0n) is 12.7. The number of halogens is 2. The maximum Gasteiger partial charge on any atom is 0.283 e. The molecule has 0 bridgehead atoms. The summed E-state index contributed by atoms with van der Waals surface area (Å²) in [6, 6.07) is 8.03. The van der Waals surface area contributed by atoms with E-state index in [2.05, 4.69) is 20.7 Å². The molecule has 2 aromatic rings. The van der Waals surface area contributed by atoms with Gasteiger partial charge in [0.15, 0.2) is 0 Å². The summed E-state index contributed by atoms with van der Waals surface area (Å²) in [7, 11) is 0. The lowest BCUT2D eigenvalue weighted by molar-refractivity contribution is -0.590. The quantitative estimate of drug-likeness (QED) is 0.704. The highest BCUT2D eigenvalue weighted by Crippen LogP contribution is 2.13. The Labute approximate surface area is 140 Å². The molecule has 2 amide bonds. The van der Waals surface area contributed by atoms with Crippen molar-refractivity contribution in [3.05, 3.63) is 71.7 Å². The summed E-state index contributed by atoms with van der Waals surface area (Å²) in [4.78, 5) is 28.3. The number of nitrogens with one attached hydrogen (secondary N) is 2. The number of pyridine rings is 1. The summed E-state index contributed by atoms with van der Waals surface area (Å²) in [6.07, 6.45) is 2.85. The van der Waals surface area contributed by atoms with Crippen molar-refractivity contribution >= 4 is 23.3 Å². The van der Waals surface area contributed by atoms with Gasteiger partial charge in [-0.15, -0.1) is 0 Å². The number of carbonyl (C=O) groups is 2. The van der Waals surface area contributed by atoms with Crippen molar-refractivity contribution in [3.63, 3.8) is 0 Å². The van der Waals surface area contributed by atoms with Crippen LogP contribution < -0.4 is 16.1 Å². The molecule has 0 fully saturated rings. The van der Waals surface area contributed by atoms with Crippen molar-refractivity contribution in [1.29, 1.82) is 0 Å². The highest BCUT2D eigenvalue weighted by molar-refractivity contribution is 6.49. The first kappa shape index (κ1) is 16.4. The first-order valence-electron chi connectivity index (χ1n) is 7.15. The summed E-state index contributed by atoms with van der Waals surface area (Å²) in [5.41, 5.74) is 0.484. The largest absolute Gasteiger partial charge is 0.315 e. The highest BCUT2D eigenvalue weighted by Gasteiger charge is 2.28. The first-order chi connectivity index (χ1) is 12.1. The summed E-state index contributed by atoms with van der Waals surface area (Å²) < 4.78 is 27.3. The van der Waals surface area contributed by atoms with Crippen LogP contribution in [0.2, 0.25) is 0 Å². The molecular formula is C16H12F2N5O2+. The number of hydrogen-bond acceptors (Lipinski definition) is 4. The molecule has 0 aliphatic carbocycles. The number of quaternary nitrogens is 1. The summed E-state index contributed by atoms with van der Waals surface area (Å²) in [6.45, 7) is 0. The van der Waals surface area contributed by atoms with Crippen LogP contribution >= 0.6 is 0 Å². The van der Waals surface area contributed by atoms with Gasteiger partial charge in [0.05, 0.1) is 0 Å². The summed E-state index contributed by atoms with van der Waals surface area (Å²) in [5.74, 6) is -3.34. The van der Waals surface area contributed by atoms with Crippen LogP contribution in [0.5, 0.6) is 0 Å². The molecule has 126 valence electrons. The molecule has 0 saturated heterocycles. The van der Waals surface area contributed by atoms with Crippen LogP contribution in [-0.4, -0.2) is 22.5 Å². The molecule has 0 saturated carbocycles. The molecule has 1 aromatic carbocycles. The highest BCUT2D eigenvalue weighted by atomic mass is 19.1. The summed E-state index contributed by atoms with van der Waals surface area (Å²) >= 11 is 0. The van der Waals surface area contributed by atoms with Crippen LogP contribution in [0.15, 0.2) is 59.6 Å². The molecule has 9 heteroatoms. The van der Waals surface area contributed by atoms with Crippen molar-refractivity contribution in [3.8, 4) is 0 Å². The third-order valence-electron chi connectivity index (χ3n) is 3.26. The lowest BCUT2D eigenvalue weighted by Gasteiger charge is -2.08. The molecule has 2 heterocycles. The standard InChI is InChI=1S/C16H11F2N5O2/c17-9-4-3-5-10(18)13(9)15(24)21-11-8-20-23-14(11)16(25)22-12-6-1-2-7-19-12/h1-8H,(H,20,23)(H,21,24)(H,19,22,25)/p+1. The number of anilines is 1. The smallest absolute Gasteiger partial charge is 0.283 e. The van der Waals surface area contributed by atoms with Crippen molar-refractivity contribution in [1.82, 2.24) is 10.3 Å². The van der Waals surface area contributed by atoms with Gasteiger partial charge >= 0.3 is 0 Å². The van der Waals surface area contributed by atoms with Gasteiger partial charge in [-0.25, -0.2) is 13.8 Å². The van der Waals surface area contributed by atoms with E-state index in [0.29, 0.717) is 5.82 Å². The first-order valence-corrected chi connectivity index (χ1v) is 7.15. The van der Waals surface area contributed by atoms with Crippen LogP contribution in [0, 0.1) is 11.6 Å². The predicted octanol–water partition coefficient (Wildman–Crippen LogP) is 0.503. The number of benzene rings is 1. The Hall–Kier alpha value is -3.46. The minimum Gasteiger partial charge on any atom is -0.315 e. The maximum absolute atomic E-state index is 13.7. The second-order valence-corrected chi connectivity index (χ2v) is 4.93. The minimum atomic E-state index is -1.02. The van der Waals surface area contributed by atoms with Crippen LogP contribution in [0.1, 0.15) is 10.4 Å². The molecule has 1 aliphatic rings. The van der Waals surface area contributed by atoms with Gasteiger partial charge in [-0.3, -0.25) is 9.59 Å². The topological polar surface area (TPSA) is 100 Å². The molecule has 3 rings (SSSR count). The normalized spacial score (nSPS) is 13.0. The molecule has 0 radical (unpaired) electrons. The average molecular weight is 344 g/mol. The summed E-state index contributed by atoms with van der Waals surface area (Å²) in [5, 5.41) is 8.66. The molecule has 4 N–H and O–H groups in total. The predicted molar refractivity (Wildman–Crippen MR) is 84.1 cm³/mol. The second kappa shape index (κ2) is 6.97. The van der Waals surface area contributed by atoms with E-state index in [4.69, 9.17) is 0 Å².